The van der Waals surface area contributed by atoms with Gasteiger partial charge in [0.05, 0.1) is 38.4 Å². The van der Waals surface area contributed by atoms with Crippen LogP contribution in [0.5, 0.6) is 11.5 Å². The number of ether oxygens (including phenoxy) is 3. The van der Waals surface area contributed by atoms with Gasteiger partial charge in [0.1, 0.15) is 11.5 Å². The number of sulfonamides is 1. The van der Waals surface area contributed by atoms with Crippen LogP contribution in [0.15, 0.2) is 41.3 Å². The highest BCUT2D eigenvalue weighted by atomic mass is 32.2. The highest BCUT2D eigenvalue weighted by molar-refractivity contribution is 7.89. The molecule has 0 aromatic heterocycles. The maximum absolute atomic E-state index is 13.0. The molecule has 1 heterocycles. The summed E-state index contributed by atoms with van der Waals surface area (Å²) in [6, 6.07) is 10.6. The SMILES string of the molecule is CC[C@@H](NC(=O)CCc1cc(S(=O)(=O)N2CCOCC2)ccc1OC)c1ccc(OC)c(C)c1. The van der Waals surface area contributed by atoms with Crippen molar-refractivity contribution in [2.45, 2.75) is 44.0 Å². The molecular formula is C25H34N2O6S. The van der Waals surface area contributed by atoms with E-state index in [1.54, 1.807) is 25.3 Å². The van der Waals surface area contributed by atoms with Gasteiger partial charge in [-0.2, -0.15) is 4.31 Å². The van der Waals surface area contributed by atoms with E-state index in [0.717, 1.165) is 23.3 Å². The summed E-state index contributed by atoms with van der Waals surface area (Å²) in [5.41, 5.74) is 2.71. The Morgan fingerprint density at radius 3 is 2.38 bits per heavy atom. The molecule has 3 rings (SSSR count). The summed E-state index contributed by atoms with van der Waals surface area (Å²) in [6.45, 7) is 5.42. The second-order valence-electron chi connectivity index (χ2n) is 8.25. The van der Waals surface area contributed by atoms with Gasteiger partial charge in [-0.05, 0) is 60.7 Å². The number of carbonyl (C=O) groups excluding carboxylic acids is 1. The molecule has 1 fully saturated rings. The standard InChI is InChI=1S/C25H34N2O6S/c1-5-22(19-6-9-23(31-3)18(2)16-19)26-25(28)11-7-20-17-21(8-10-24(20)32-4)34(29,30)27-12-14-33-15-13-27/h6,8-10,16-17,22H,5,7,11-15H2,1-4H3,(H,26,28)/t22-/m1/s1. The molecule has 0 saturated carbocycles. The summed E-state index contributed by atoms with van der Waals surface area (Å²) in [4.78, 5) is 13.0. The second-order valence-corrected chi connectivity index (χ2v) is 10.2. The summed E-state index contributed by atoms with van der Waals surface area (Å²) in [5, 5.41) is 3.09. The van der Waals surface area contributed by atoms with Crippen LogP contribution in [0.3, 0.4) is 0 Å². The Morgan fingerprint density at radius 1 is 1.09 bits per heavy atom. The number of rotatable bonds is 10. The lowest BCUT2D eigenvalue weighted by atomic mass is 10.0. The monoisotopic (exact) mass is 490 g/mol. The third-order valence-corrected chi connectivity index (χ3v) is 7.94. The van der Waals surface area contributed by atoms with E-state index in [4.69, 9.17) is 14.2 Å². The molecular weight excluding hydrogens is 456 g/mol. The molecule has 1 saturated heterocycles. The number of morpholine rings is 1. The zero-order chi connectivity index (χ0) is 24.7. The number of benzene rings is 2. The van der Waals surface area contributed by atoms with Crippen LogP contribution in [-0.4, -0.2) is 59.2 Å². The molecule has 8 nitrogen and oxygen atoms in total. The number of amides is 1. The van der Waals surface area contributed by atoms with Crippen molar-refractivity contribution in [1.82, 2.24) is 9.62 Å². The maximum atomic E-state index is 13.0. The molecule has 1 atom stereocenters. The van der Waals surface area contributed by atoms with Crippen LogP contribution in [0.25, 0.3) is 0 Å². The van der Waals surface area contributed by atoms with Crippen molar-refractivity contribution in [3.05, 3.63) is 53.1 Å². The van der Waals surface area contributed by atoms with Gasteiger partial charge >= 0.3 is 0 Å². The van der Waals surface area contributed by atoms with E-state index in [-0.39, 0.29) is 23.3 Å². The molecule has 9 heteroatoms. The molecule has 186 valence electrons. The van der Waals surface area contributed by atoms with Gasteiger partial charge in [-0.15, -0.1) is 0 Å². The molecule has 1 aliphatic heterocycles. The van der Waals surface area contributed by atoms with Crippen LogP contribution < -0.4 is 14.8 Å². The summed E-state index contributed by atoms with van der Waals surface area (Å²) >= 11 is 0. The van der Waals surface area contributed by atoms with Crippen LogP contribution in [0, 0.1) is 6.92 Å². The Kier molecular flexibility index (Phi) is 8.93. The zero-order valence-electron chi connectivity index (χ0n) is 20.3. The van der Waals surface area contributed by atoms with Gasteiger partial charge in [-0.1, -0.05) is 19.1 Å². The number of methoxy groups -OCH3 is 2. The van der Waals surface area contributed by atoms with E-state index in [1.165, 1.54) is 11.4 Å². The van der Waals surface area contributed by atoms with Crippen molar-refractivity contribution < 1.29 is 27.4 Å². The molecule has 1 aliphatic rings. The lowest BCUT2D eigenvalue weighted by molar-refractivity contribution is -0.121. The summed E-state index contributed by atoms with van der Waals surface area (Å²) in [7, 11) is -0.459. The smallest absolute Gasteiger partial charge is 0.243 e. The third kappa shape index (κ3) is 6.08. The van der Waals surface area contributed by atoms with Crippen LogP contribution >= 0.6 is 0 Å². The number of nitrogens with zero attached hydrogens (tertiary/aromatic N) is 1. The first-order valence-electron chi connectivity index (χ1n) is 11.5. The average molecular weight is 491 g/mol. The zero-order valence-corrected chi connectivity index (χ0v) is 21.1. The highest BCUT2D eigenvalue weighted by Gasteiger charge is 2.27. The minimum Gasteiger partial charge on any atom is -0.496 e. The van der Waals surface area contributed by atoms with Crippen molar-refractivity contribution in [3.63, 3.8) is 0 Å². The molecule has 1 N–H and O–H groups in total. The van der Waals surface area contributed by atoms with Crippen LogP contribution in [-0.2, 0) is 26.0 Å². The fraction of sp³-hybridized carbons (Fsp3) is 0.480. The quantitative estimate of drug-likeness (QED) is 0.550. The van der Waals surface area contributed by atoms with Crippen LogP contribution in [0.4, 0.5) is 0 Å². The third-order valence-electron chi connectivity index (χ3n) is 6.05. The Labute approximate surface area is 202 Å². The second kappa shape index (κ2) is 11.7. The lowest BCUT2D eigenvalue weighted by Gasteiger charge is -2.26. The molecule has 34 heavy (non-hydrogen) atoms. The molecule has 2 aromatic carbocycles. The lowest BCUT2D eigenvalue weighted by Crippen LogP contribution is -2.40. The van der Waals surface area contributed by atoms with Crippen molar-refractivity contribution in [1.29, 1.82) is 0 Å². The molecule has 0 unspecified atom stereocenters. The number of aryl methyl sites for hydroxylation is 2. The maximum Gasteiger partial charge on any atom is 0.243 e. The van der Waals surface area contributed by atoms with Gasteiger partial charge in [-0.25, -0.2) is 8.42 Å². The number of hydrogen-bond donors (Lipinski definition) is 1. The van der Waals surface area contributed by atoms with Gasteiger partial charge in [0.2, 0.25) is 15.9 Å². The predicted molar refractivity (Wildman–Crippen MR) is 130 cm³/mol. The van der Waals surface area contributed by atoms with E-state index in [2.05, 4.69) is 5.32 Å². The van der Waals surface area contributed by atoms with Gasteiger partial charge in [0.25, 0.3) is 0 Å². The summed E-state index contributed by atoms with van der Waals surface area (Å²) in [5.74, 6) is 1.26. The van der Waals surface area contributed by atoms with Gasteiger partial charge in [0, 0.05) is 19.5 Å². The molecule has 0 radical (unpaired) electrons. The Hall–Kier alpha value is -2.62. The summed E-state index contributed by atoms with van der Waals surface area (Å²) in [6.07, 6.45) is 1.32. The van der Waals surface area contributed by atoms with E-state index < -0.39 is 10.0 Å². The Balaban J connectivity index is 1.70. The molecule has 0 bridgehead atoms. The van der Waals surface area contributed by atoms with E-state index in [1.807, 2.05) is 32.0 Å². The summed E-state index contributed by atoms with van der Waals surface area (Å²) < 4.78 is 43.5. The fourth-order valence-corrected chi connectivity index (χ4v) is 5.56. The van der Waals surface area contributed by atoms with Crippen molar-refractivity contribution in [2.24, 2.45) is 0 Å². The first-order valence-corrected chi connectivity index (χ1v) is 12.9. The van der Waals surface area contributed by atoms with Crippen LogP contribution in [0.2, 0.25) is 0 Å². The molecule has 1 amide bonds. The average Bonchev–Trinajstić information content (AvgIpc) is 2.86. The number of carbonyl (C=O) groups is 1. The number of hydrogen-bond acceptors (Lipinski definition) is 6. The normalized spacial score (nSPS) is 15.5. The van der Waals surface area contributed by atoms with Gasteiger partial charge in [0.15, 0.2) is 0 Å². The topological polar surface area (TPSA) is 94.2 Å². The van der Waals surface area contributed by atoms with Crippen molar-refractivity contribution in [2.75, 3.05) is 40.5 Å². The number of nitrogens with one attached hydrogen (secondary N) is 1. The highest BCUT2D eigenvalue weighted by Crippen LogP contribution is 2.27. The first kappa shape index (κ1) is 26.0. The van der Waals surface area contributed by atoms with Gasteiger partial charge in [-0.3, -0.25) is 4.79 Å². The van der Waals surface area contributed by atoms with Crippen LogP contribution in [0.1, 0.15) is 42.5 Å². The minimum absolute atomic E-state index is 0.108. The van der Waals surface area contributed by atoms with E-state index in [0.29, 0.717) is 44.0 Å². The van der Waals surface area contributed by atoms with E-state index >= 15 is 0 Å². The van der Waals surface area contributed by atoms with Crippen molar-refractivity contribution >= 4 is 15.9 Å². The van der Waals surface area contributed by atoms with Gasteiger partial charge < -0.3 is 19.5 Å². The molecule has 0 aliphatic carbocycles. The van der Waals surface area contributed by atoms with Crippen molar-refractivity contribution in [3.8, 4) is 11.5 Å². The van der Waals surface area contributed by atoms with E-state index in [9.17, 15) is 13.2 Å². The molecule has 2 aromatic rings. The minimum atomic E-state index is -3.63. The fourth-order valence-electron chi connectivity index (χ4n) is 4.10. The largest absolute Gasteiger partial charge is 0.496 e. The predicted octanol–water partition coefficient (Wildman–Crippen LogP) is 3.23. The Morgan fingerprint density at radius 2 is 1.76 bits per heavy atom. The Bertz CT molecular complexity index is 1100. The first-order chi connectivity index (χ1) is 16.3. The molecule has 0 spiro atoms.